The third kappa shape index (κ3) is 6.45. The second-order valence-electron chi connectivity index (χ2n) is 5.88. The van der Waals surface area contributed by atoms with Crippen LogP contribution in [0.1, 0.15) is 11.1 Å². The van der Waals surface area contributed by atoms with E-state index in [1.807, 2.05) is 54.6 Å². The number of rotatable bonds is 8. The summed E-state index contributed by atoms with van der Waals surface area (Å²) in [4.78, 5) is 11.8. The van der Waals surface area contributed by atoms with Gasteiger partial charge in [0.15, 0.2) is 6.61 Å². The van der Waals surface area contributed by atoms with Crippen LogP contribution in [0.2, 0.25) is 5.02 Å². The smallest absolute Gasteiger partial charge is 0.277 e. The fourth-order valence-corrected chi connectivity index (χ4v) is 2.44. The van der Waals surface area contributed by atoms with E-state index >= 15 is 0 Å². The summed E-state index contributed by atoms with van der Waals surface area (Å²) in [6.45, 7) is 0.347. The molecule has 1 amide bonds. The molecule has 0 atom stereocenters. The van der Waals surface area contributed by atoms with Crippen LogP contribution in [0.3, 0.4) is 0 Å². The topological polar surface area (TPSA) is 59.9 Å². The van der Waals surface area contributed by atoms with Gasteiger partial charge in [0.2, 0.25) is 0 Å². The first-order valence-corrected chi connectivity index (χ1v) is 9.04. The Hall–Kier alpha value is -3.31. The summed E-state index contributed by atoms with van der Waals surface area (Å²) in [6.07, 6.45) is 1.55. The second-order valence-corrected chi connectivity index (χ2v) is 6.32. The molecule has 0 heterocycles. The summed E-state index contributed by atoms with van der Waals surface area (Å²) in [7, 11) is 0. The summed E-state index contributed by atoms with van der Waals surface area (Å²) in [6, 6.07) is 24.2. The zero-order valence-electron chi connectivity index (χ0n) is 15.0. The maximum absolute atomic E-state index is 11.8. The van der Waals surface area contributed by atoms with Crippen LogP contribution in [0.5, 0.6) is 11.5 Å². The van der Waals surface area contributed by atoms with Gasteiger partial charge in [-0.05, 0) is 47.5 Å². The highest BCUT2D eigenvalue weighted by molar-refractivity contribution is 6.30. The van der Waals surface area contributed by atoms with E-state index in [-0.39, 0.29) is 12.5 Å². The van der Waals surface area contributed by atoms with E-state index in [2.05, 4.69) is 10.5 Å². The molecule has 3 rings (SSSR count). The van der Waals surface area contributed by atoms with Crippen LogP contribution in [-0.2, 0) is 11.4 Å². The third-order valence-electron chi connectivity index (χ3n) is 3.69. The van der Waals surface area contributed by atoms with Crippen molar-refractivity contribution in [2.45, 2.75) is 6.61 Å². The molecule has 0 unspecified atom stereocenters. The number of benzene rings is 3. The molecular formula is C22H19ClN2O3. The number of amides is 1. The summed E-state index contributed by atoms with van der Waals surface area (Å²) in [5.74, 6) is 0.930. The van der Waals surface area contributed by atoms with Crippen molar-refractivity contribution in [2.75, 3.05) is 6.61 Å². The van der Waals surface area contributed by atoms with Gasteiger partial charge in [-0.2, -0.15) is 5.10 Å². The van der Waals surface area contributed by atoms with Gasteiger partial charge in [-0.15, -0.1) is 0 Å². The molecule has 28 heavy (non-hydrogen) atoms. The van der Waals surface area contributed by atoms with E-state index in [0.717, 1.165) is 16.9 Å². The predicted octanol–water partition coefficient (Wildman–Crippen LogP) is 4.45. The minimum Gasteiger partial charge on any atom is -0.489 e. The molecule has 6 heteroatoms. The molecule has 1 N–H and O–H groups in total. The van der Waals surface area contributed by atoms with E-state index < -0.39 is 0 Å². The zero-order valence-corrected chi connectivity index (χ0v) is 15.8. The molecule has 142 valence electrons. The highest BCUT2D eigenvalue weighted by atomic mass is 35.5. The van der Waals surface area contributed by atoms with Crippen LogP contribution in [-0.4, -0.2) is 18.7 Å². The van der Waals surface area contributed by atoms with Crippen LogP contribution in [0.4, 0.5) is 0 Å². The molecular weight excluding hydrogens is 376 g/mol. The molecule has 0 aliphatic carbocycles. The van der Waals surface area contributed by atoms with Crippen molar-refractivity contribution in [3.8, 4) is 11.5 Å². The maximum atomic E-state index is 11.8. The van der Waals surface area contributed by atoms with Crippen LogP contribution in [0.15, 0.2) is 84.0 Å². The molecule has 0 aliphatic rings. The number of hydrogen-bond donors (Lipinski definition) is 1. The lowest BCUT2D eigenvalue weighted by atomic mass is 10.2. The SMILES string of the molecule is O=C(COc1ccc(Cl)cc1)N/N=C/c1cccc(OCc2ccccc2)c1. The Balaban J connectivity index is 1.45. The van der Waals surface area contributed by atoms with Crippen molar-refractivity contribution in [1.82, 2.24) is 5.43 Å². The van der Waals surface area contributed by atoms with E-state index in [1.54, 1.807) is 30.5 Å². The van der Waals surface area contributed by atoms with Crippen molar-refractivity contribution < 1.29 is 14.3 Å². The van der Waals surface area contributed by atoms with Crippen molar-refractivity contribution in [3.63, 3.8) is 0 Å². The van der Waals surface area contributed by atoms with Gasteiger partial charge in [0.25, 0.3) is 5.91 Å². The van der Waals surface area contributed by atoms with Crippen LogP contribution in [0.25, 0.3) is 0 Å². The fraction of sp³-hybridized carbons (Fsp3) is 0.0909. The Morgan fingerprint density at radius 2 is 1.71 bits per heavy atom. The summed E-state index contributed by atoms with van der Waals surface area (Å²) >= 11 is 5.80. The van der Waals surface area contributed by atoms with E-state index in [4.69, 9.17) is 21.1 Å². The fourth-order valence-electron chi connectivity index (χ4n) is 2.32. The normalized spacial score (nSPS) is 10.6. The van der Waals surface area contributed by atoms with Crippen LogP contribution in [0, 0.1) is 0 Å². The molecule has 0 bridgehead atoms. The van der Waals surface area contributed by atoms with Crippen molar-refractivity contribution in [3.05, 3.63) is 95.0 Å². The van der Waals surface area contributed by atoms with Gasteiger partial charge in [-0.1, -0.05) is 54.1 Å². The second kappa shape index (κ2) is 10.1. The Kier molecular flexibility index (Phi) is 7.04. The van der Waals surface area contributed by atoms with Gasteiger partial charge in [-0.25, -0.2) is 5.43 Å². The van der Waals surface area contributed by atoms with Gasteiger partial charge in [0.05, 0.1) is 6.21 Å². The highest BCUT2D eigenvalue weighted by Crippen LogP contribution is 2.15. The minimum atomic E-state index is -0.359. The van der Waals surface area contributed by atoms with Crippen LogP contribution >= 0.6 is 11.6 Å². The Bertz CT molecular complexity index is 928. The molecule has 5 nitrogen and oxygen atoms in total. The largest absolute Gasteiger partial charge is 0.489 e. The quantitative estimate of drug-likeness (QED) is 0.453. The van der Waals surface area contributed by atoms with E-state index in [1.165, 1.54) is 0 Å². The average Bonchev–Trinajstić information content (AvgIpc) is 2.73. The van der Waals surface area contributed by atoms with E-state index in [9.17, 15) is 4.79 Å². The number of hydrazone groups is 1. The van der Waals surface area contributed by atoms with Gasteiger partial charge < -0.3 is 9.47 Å². The molecule has 0 aromatic heterocycles. The number of nitrogens with zero attached hydrogens (tertiary/aromatic N) is 1. The number of carbonyl (C=O) groups is 1. The van der Waals surface area contributed by atoms with Crippen molar-refractivity contribution in [2.24, 2.45) is 5.10 Å². The lowest BCUT2D eigenvalue weighted by molar-refractivity contribution is -0.123. The lowest BCUT2D eigenvalue weighted by Gasteiger charge is -2.07. The Labute approximate surface area is 168 Å². The van der Waals surface area contributed by atoms with E-state index in [0.29, 0.717) is 17.4 Å². The molecule has 0 spiro atoms. The van der Waals surface area contributed by atoms with Gasteiger partial charge in [0, 0.05) is 5.02 Å². The average molecular weight is 395 g/mol. The number of carbonyl (C=O) groups excluding carboxylic acids is 1. The molecule has 3 aromatic rings. The standard InChI is InChI=1S/C22H19ClN2O3/c23-19-9-11-20(12-10-19)28-16-22(26)25-24-14-18-7-4-8-21(13-18)27-15-17-5-2-1-3-6-17/h1-14H,15-16H2,(H,25,26)/b24-14+. The predicted molar refractivity (Wildman–Crippen MR) is 110 cm³/mol. The lowest BCUT2D eigenvalue weighted by Crippen LogP contribution is -2.24. The first-order chi connectivity index (χ1) is 13.7. The van der Waals surface area contributed by atoms with Gasteiger partial charge in [0.1, 0.15) is 18.1 Å². The first kappa shape index (κ1) is 19.5. The number of halogens is 1. The highest BCUT2D eigenvalue weighted by Gasteiger charge is 2.02. The monoisotopic (exact) mass is 394 g/mol. The molecule has 0 aliphatic heterocycles. The van der Waals surface area contributed by atoms with Crippen molar-refractivity contribution in [1.29, 1.82) is 0 Å². The first-order valence-electron chi connectivity index (χ1n) is 8.66. The number of ether oxygens (including phenoxy) is 2. The molecule has 3 aromatic carbocycles. The Morgan fingerprint density at radius 1 is 0.929 bits per heavy atom. The minimum absolute atomic E-state index is 0.140. The number of nitrogens with one attached hydrogen (secondary N) is 1. The number of hydrogen-bond acceptors (Lipinski definition) is 4. The molecule has 0 fully saturated rings. The van der Waals surface area contributed by atoms with Gasteiger partial charge in [-0.3, -0.25) is 4.79 Å². The molecule has 0 saturated carbocycles. The van der Waals surface area contributed by atoms with Crippen LogP contribution < -0.4 is 14.9 Å². The third-order valence-corrected chi connectivity index (χ3v) is 3.94. The van der Waals surface area contributed by atoms with Gasteiger partial charge >= 0.3 is 0 Å². The summed E-state index contributed by atoms with van der Waals surface area (Å²) in [5.41, 5.74) is 4.33. The van der Waals surface area contributed by atoms with Crippen molar-refractivity contribution >= 4 is 23.7 Å². The Morgan fingerprint density at radius 3 is 2.50 bits per heavy atom. The molecule has 0 radical (unpaired) electrons. The maximum Gasteiger partial charge on any atom is 0.277 e. The zero-order chi connectivity index (χ0) is 19.6. The summed E-state index contributed by atoms with van der Waals surface area (Å²) in [5, 5.41) is 4.55. The molecule has 0 saturated heterocycles. The summed E-state index contributed by atoms with van der Waals surface area (Å²) < 4.78 is 11.1.